The molecule has 0 radical (unpaired) electrons. The molecule has 2 heteroatoms. The topological polar surface area (TPSA) is 18.5 Å². The molecule has 0 bridgehead atoms. The standard InChI is InChI=1S/C20H34O2/c1-3-4-5-6-7-8-9-12-19-13-10-11-14-20(19)15-16-22-18-17-21-2/h10-11,13-14H,3-9,12,15-18H2,1-2H3. The number of rotatable bonds is 14. The highest BCUT2D eigenvalue weighted by atomic mass is 16.5. The average Bonchev–Trinajstić information content (AvgIpc) is 2.55. The first-order valence-electron chi connectivity index (χ1n) is 9.02. The molecule has 1 aromatic carbocycles. The molecule has 0 saturated carbocycles. The second-order valence-electron chi connectivity index (χ2n) is 6.00. The van der Waals surface area contributed by atoms with Crippen molar-refractivity contribution >= 4 is 0 Å². The fourth-order valence-corrected chi connectivity index (χ4v) is 2.74. The quantitative estimate of drug-likeness (QED) is 0.441. The van der Waals surface area contributed by atoms with Crippen LogP contribution in [0, 0.1) is 0 Å². The molecule has 0 aliphatic heterocycles. The van der Waals surface area contributed by atoms with Crippen LogP contribution in [0.2, 0.25) is 0 Å². The van der Waals surface area contributed by atoms with E-state index in [-0.39, 0.29) is 0 Å². The van der Waals surface area contributed by atoms with E-state index in [9.17, 15) is 0 Å². The first-order valence-corrected chi connectivity index (χ1v) is 9.02. The molecule has 0 aliphatic carbocycles. The molecule has 0 atom stereocenters. The van der Waals surface area contributed by atoms with E-state index in [1.807, 2.05) is 0 Å². The lowest BCUT2D eigenvalue weighted by Gasteiger charge is -2.10. The van der Waals surface area contributed by atoms with Crippen LogP contribution in [0.5, 0.6) is 0 Å². The molecule has 0 aliphatic rings. The zero-order valence-corrected chi connectivity index (χ0v) is 14.6. The van der Waals surface area contributed by atoms with Crippen LogP contribution in [-0.4, -0.2) is 26.9 Å². The summed E-state index contributed by atoms with van der Waals surface area (Å²) >= 11 is 0. The predicted molar refractivity (Wildman–Crippen MR) is 94.5 cm³/mol. The van der Waals surface area contributed by atoms with E-state index < -0.39 is 0 Å². The third kappa shape index (κ3) is 9.22. The van der Waals surface area contributed by atoms with Crippen LogP contribution in [0.1, 0.15) is 63.0 Å². The van der Waals surface area contributed by atoms with Crippen molar-refractivity contribution in [3.63, 3.8) is 0 Å². The number of unbranched alkanes of at least 4 members (excludes halogenated alkanes) is 6. The van der Waals surface area contributed by atoms with Crippen molar-refractivity contribution in [2.45, 2.75) is 64.7 Å². The Morgan fingerprint density at radius 1 is 0.727 bits per heavy atom. The van der Waals surface area contributed by atoms with Gasteiger partial charge in [-0.05, 0) is 30.4 Å². The summed E-state index contributed by atoms with van der Waals surface area (Å²) in [6.45, 7) is 4.43. The number of ether oxygens (including phenoxy) is 2. The van der Waals surface area contributed by atoms with E-state index in [2.05, 4.69) is 31.2 Å². The Balaban J connectivity index is 2.19. The van der Waals surface area contributed by atoms with Crippen molar-refractivity contribution in [1.29, 1.82) is 0 Å². The van der Waals surface area contributed by atoms with Gasteiger partial charge in [0.1, 0.15) is 0 Å². The number of hydrogen-bond acceptors (Lipinski definition) is 2. The SMILES string of the molecule is CCCCCCCCCc1ccccc1CCOCCOC. The summed E-state index contributed by atoms with van der Waals surface area (Å²) in [5, 5.41) is 0. The lowest BCUT2D eigenvalue weighted by atomic mass is 9.99. The van der Waals surface area contributed by atoms with E-state index in [1.165, 1.54) is 62.5 Å². The van der Waals surface area contributed by atoms with Gasteiger partial charge in [-0.2, -0.15) is 0 Å². The van der Waals surface area contributed by atoms with E-state index in [0.717, 1.165) is 13.0 Å². The Morgan fingerprint density at radius 2 is 1.36 bits per heavy atom. The summed E-state index contributed by atoms with van der Waals surface area (Å²) in [6, 6.07) is 8.82. The van der Waals surface area contributed by atoms with E-state index in [1.54, 1.807) is 7.11 Å². The summed E-state index contributed by atoms with van der Waals surface area (Å²) in [5.41, 5.74) is 2.96. The van der Waals surface area contributed by atoms with Gasteiger partial charge >= 0.3 is 0 Å². The van der Waals surface area contributed by atoms with Crippen LogP contribution in [0.25, 0.3) is 0 Å². The first-order chi connectivity index (χ1) is 10.9. The summed E-state index contributed by atoms with van der Waals surface area (Å²) in [7, 11) is 1.71. The second-order valence-corrected chi connectivity index (χ2v) is 6.00. The van der Waals surface area contributed by atoms with Crippen LogP contribution in [0.3, 0.4) is 0 Å². The maximum absolute atomic E-state index is 5.59. The van der Waals surface area contributed by atoms with Crippen molar-refractivity contribution < 1.29 is 9.47 Å². The number of methoxy groups -OCH3 is 1. The van der Waals surface area contributed by atoms with E-state index in [0.29, 0.717) is 13.2 Å². The van der Waals surface area contributed by atoms with Crippen LogP contribution in [0.4, 0.5) is 0 Å². The summed E-state index contributed by atoms with van der Waals surface area (Å²) in [6.07, 6.45) is 11.8. The van der Waals surface area contributed by atoms with Crippen LogP contribution in [-0.2, 0) is 22.3 Å². The van der Waals surface area contributed by atoms with Gasteiger partial charge in [0.25, 0.3) is 0 Å². The molecule has 0 unspecified atom stereocenters. The normalized spacial score (nSPS) is 11.0. The highest BCUT2D eigenvalue weighted by Crippen LogP contribution is 2.15. The zero-order chi connectivity index (χ0) is 15.9. The third-order valence-electron chi connectivity index (χ3n) is 4.12. The Bertz CT molecular complexity index is 362. The van der Waals surface area contributed by atoms with Crippen LogP contribution >= 0.6 is 0 Å². The average molecular weight is 306 g/mol. The van der Waals surface area contributed by atoms with Crippen LogP contribution < -0.4 is 0 Å². The first kappa shape index (κ1) is 19.2. The largest absolute Gasteiger partial charge is 0.382 e. The smallest absolute Gasteiger partial charge is 0.0700 e. The molecule has 22 heavy (non-hydrogen) atoms. The summed E-state index contributed by atoms with van der Waals surface area (Å²) < 4.78 is 10.6. The zero-order valence-electron chi connectivity index (χ0n) is 14.6. The minimum atomic E-state index is 0.680. The van der Waals surface area contributed by atoms with Gasteiger partial charge in [0.2, 0.25) is 0 Å². The maximum Gasteiger partial charge on any atom is 0.0700 e. The van der Waals surface area contributed by atoms with Crippen molar-refractivity contribution in [1.82, 2.24) is 0 Å². The maximum atomic E-state index is 5.59. The predicted octanol–water partition coefficient (Wildman–Crippen LogP) is 5.19. The molecule has 126 valence electrons. The fraction of sp³-hybridized carbons (Fsp3) is 0.700. The Hall–Kier alpha value is -0.860. The minimum absolute atomic E-state index is 0.680. The van der Waals surface area contributed by atoms with E-state index in [4.69, 9.17) is 9.47 Å². The number of hydrogen-bond donors (Lipinski definition) is 0. The number of aryl methyl sites for hydroxylation is 1. The molecule has 0 heterocycles. The molecule has 0 saturated heterocycles. The fourth-order valence-electron chi connectivity index (χ4n) is 2.74. The number of benzene rings is 1. The lowest BCUT2D eigenvalue weighted by molar-refractivity contribution is 0.0722. The molecule has 0 fully saturated rings. The molecule has 0 spiro atoms. The molecule has 0 amide bonds. The minimum Gasteiger partial charge on any atom is -0.382 e. The lowest BCUT2D eigenvalue weighted by Crippen LogP contribution is -2.06. The molecule has 0 N–H and O–H groups in total. The Labute approximate surface area is 137 Å². The summed E-state index contributed by atoms with van der Waals surface area (Å²) in [5.74, 6) is 0. The third-order valence-corrected chi connectivity index (χ3v) is 4.12. The molecular weight excluding hydrogens is 272 g/mol. The van der Waals surface area contributed by atoms with E-state index >= 15 is 0 Å². The van der Waals surface area contributed by atoms with Crippen molar-refractivity contribution in [2.24, 2.45) is 0 Å². The van der Waals surface area contributed by atoms with Gasteiger partial charge in [-0.1, -0.05) is 69.7 Å². The van der Waals surface area contributed by atoms with Crippen molar-refractivity contribution in [3.05, 3.63) is 35.4 Å². The molecule has 1 aromatic rings. The van der Waals surface area contributed by atoms with Gasteiger partial charge < -0.3 is 9.47 Å². The van der Waals surface area contributed by atoms with Gasteiger partial charge in [0.15, 0.2) is 0 Å². The molecule has 1 rings (SSSR count). The van der Waals surface area contributed by atoms with Gasteiger partial charge in [0, 0.05) is 7.11 Å². The Morgan fingerprint density at radius 3 is 2.05 bits per heavy atom. The second kappa shape index (κ2) is 13.8. The highest BCUT2D eigenvalue weighted by molar-refractivity contribution is 5.27. The summed E-state index contributed by atoms with van der Waals surface area (Å²) in [4.78, 5) is 0. The van der Waals surface area contributed by atoms with Gasteiger partial charge in [-0.3, -0.25) is 0 Å². The van der Waals surface area contributed by atoms with Crippen LogP contribution in [0.15, 0.2) is 24.3 Å². The van der Waals surface area contributed by atoms with Gasteiger partial charge in [-0.25, -0.2) is 0 Å². The highest BCUT2D eigenvalue weighted by Gasteiger charge is 2.02. The molecular formula is C20H34O2. The van der Waals surface area contributed by atoms with Crippen molar-refractivity contribution in [3.8, 4) is 0 Å². The Kier molecular flexibility index (Phi) is 12.0. The molecule has 0 aromatic heterocycles. The van der Waals surface area contributed by atoms with Gasteiger partial charge in [-0.15, -0.1) is 0 Å². The van der Waals surface area contributed by atoms with Crippen molar-refractivity contribution in [2.75, 3.05) is 26.9 Å². The monoisotopic (exact) mass is 306 g/mol. The molecule has 2 nitrogen and oxygen atoms in total. The van der Waals surface area contributed by atoms with Gasteiger partial charge in [0.05, 0.1) is 19.8 Å².